The number of benzene rings is 2. The van der Waals surface area contributed by atoms with Crippen LogP contribution in [0.25, 0.3) is 0 Å². The van der Waals surface area contributed by atoms with Crippen LogP contribution in [0, 0.1) is 0 Å². The van der Waals surface area contributed by atoms with Gasteiger partial charge in [0, 0.05) is 5.56 Å². The molecule has 206 valence electrons. The van der Waals surface area contributed by atoms with Crippen LogP contribution in [0.5, 0.6) is 0 Å². The second-order valence-electron chi connectivity index (χ2n) is 7.84. The van der Waals surface area contributed by atoms with Crippen molar-refractivity contribution in [1.29, 1.82) is 0 Å². The van der Waals surface area contributed by atoms with Gasteiger partial charge in [-0.3, -0.25) is 4.79 Å². The van der Waals surface area contributed by atoms with Crippen LogP contribution in [0.2, 0.25) is 0 Å². The second kappa shape index (κ2) is 21.4. The van der Waals surface area contributed by atoms with Crippen LogP contribution in [0.3, 0.4) is 0 Å². The maximum absolute atomic E-state index is 11.2. The lowest BCUT2D eigenvalue weighted by molar-refractivity contribution is 0.0340. The monoisotopic (exact) mass is 520 g/mol. The lowest BCUT2D eigenvalue weighted by Crippen LogP contribution is -2.09. The Morgan fingerprint density at radius 1 is 0.649 bits per heavy atom. The molecule has 9 heteroatoms. The number of hydrogen-bond acceptors (Lipinski definition) is 9. The van der Waals surface area contributed by atoms with Crippen molar-refractivity contribution in [2.75, 3.05) is 73.2 Å². The Hall–Kier alpha value is -2.66. The lowest BCUT2D eigenvalue weighted by atomic mass is 10.1. The van der Waals surface area contributed by atoms with E-state index in [1.807, 2.05) is 36.4 Å². The summed E-state index contributed by atoms with van der Waals surface area (Å²) in [7, 11) is 1.36. The summed E-state index contributed by atoms with van der Waals surface area (Å²) < 4.78 is 25.5. The highest BCUT2D eigenvalue weighted by Crippen LogP contribution is 2.07. The first-order valence-corrected chi connectivity index (χ1v) is 12.3. The molecule has 0 saturated heterocycles. The quantitative estimate of drug-likeness (QED) is 0.173. The van der Waals surface area contributed by atoms with Crippen LogP contribution >= 0.6 is 0 Å². The predicted molar refractivity (Wildman–Crippen MR) is 139 cm³/mol. The van der Waals surface area contributed by atoms with Gasteiger partial charge in [-0.2, -0.15) is 0 Å². The molecule has 0 atom stereocenters. The van der Waals surface area contributed by atoms with Gasteiger partial charge in [-0.15, -0.1) is 0 Å². The number of aliphatic hydroxyl groups is 2. The molecular weight excluding hydrogens is 480 g/mol. The third-order valence-electron chi connectivity index (χ3n) is 4.99. The third-order valence-corrected chi connectivity index (χ3v) is 4.99. The molecule has 0 heterocycles. The number of rotatable bonds is 18. The zero-order valence-corrected chi connectivity index (χ0v) is 21.9. The van der Waals surface area contributed by atoms with Crippen LogP contribution in [-0.2, 0) is 36.5 Å². The molecule has 2 aromatic rings. The van der Waals surface area contributed by atoms with Gasteiger partial charge in [0.1, 0.15) is 0 Å². The van der Waals surface area contributed by atoms with Crippen molar-refractivity contribution in [3.63, 3.8) is 0 Å². The molecule has 2 aromatic carbocycles. The SMILES string of the molecule is CC(=O)c1cccc(CCOCCOCCO)c1.COC(=O)c1ccc(CCOCCOCCO)cc1. The predicted octanol–water partition coefficient (Wildman–Crippen LogP) is 2.50. The van der Waals surface area contributed by atoms with E-state index in [4.69, 9.17) is 29.2 Å². The number of methoxy groups -OCH3 is 1. The zero-order chi connectivity index (χ0) is 27.1. The molecule has 2 N–H and O–H groups in total. The number of hydrogen-bond donors (Lipinski definition) is 2. The van der Waals surface area contributed by atoms with E-state index in [2.05, 4.69) is 4.74 Å². The highest BCUT2D eigenvalue weighted by atomic mass is 16.5. The zero-order valence-electron chi connectivity index (χ0n) is 21.9. The molecule has 0 spiro atoms. The minimum atomic E-state index is -0.330. The Bertz CT molecular complexity index is 868. The van der Waals surface area contributed by atoms with Gasteiger partial charge in [0.2, 0.25) is 0 Å². The molecule has 0 aliphatic carbocycles. The summed E-state index contributed by atoms with van der Waals surface area (Å²) in [6.07, 6.45) is 1.56. The van der Waals surface area contributed by atoms with E-state index < -0.39 is 0 Å². The van der Waals surface area contributed by atoms with Crippen molar-refractivity contribution in [3.8, 4) is 0 Å². The minimum absolute atomic E-state index is 0.0343. The number of esters is 1. The molecule has 0 amide bonds. The highest BCUT2D eigenvalue weighted by molar-refractivity contribution is 5.94. The molecule has 0 aromatic heterocycles. The topological polar surface area (TPSA) is 121 Å². The molecular formula is C28H40O9. The number of aliphatic hydroxyl groups excluding tert-OH is 2. The summed E-state index contributed by atoms with van der Waals surface area (Å²) in [5.41, 5.74) is 3.48. The van der Waals surface area contributed by atoms with Crippen molar-refractivity contribution >= 4 is 11.8 Å². The van der Waals surface area contributed by atoms with Gasteiger partial charge in [0.25, 0.3) is 0 Å². The number of carbonyl (C=O) groups excluding carboxylic acids is 2. The largest absolute Gasteiger partial charge is 0.465 e. The van der Waals surface area contributed by atoms with Crippen molar-refractivity contribution in [2.45, 2.75) is 19.8 Å². The standard InChI is InChI=1S/C14H20O5.C14H20O4/c1-17-14(16)13-4-2-12(3-5-13)6-8-18-10-11-19-9-7-15;1-12(16)14-4-2-3-13(11-14)5-7-17-9-10-18-8-6-15/h2-5,15H,6-11H2,1H3;2-4,11,15H,5-10H2,1H3. The Balaban J connectivity index is 0.000000371. The van der Waals surface area contributed by atoms with Gasteiger partial charge in [-0.25, -0.2) is 4.79 Å². The van der Waals surface area contributed by atoms with E-state index in [1.54, 1.807) is 19.1 Å². The van der Waals surface area contributed by atoms with Crippen molar-refractivity contribution in [2.24, 2.45) is 0 Å². The molecule has 0 bridgehead atoms. The summed E-state index contributed by atoms with van der Waals surface area (Å²) >= 11 is 0. The van der Waals surface area contributed by atoms with E-state index >= 15 is 0 Å². The first-order valence-electron chi connectivity index (χ1n) is 12.3. The first-order chi connectivity index (χ1) is 18.0. The van der Waals surface area contributed by atoms with Gasteiger partial charge < -0.3 is 33.9 Å². The van der Waals surface area contributed by atoms with Gasteiger partial charge in [-0.05, 0) is 49.1 Å². The smallest absolute Gasteiger partial charge is 0.337 e. The van der Waals surface area contributed by atoms with Crippen LogP contribution in [0.4, 0.5) is 0 Å². The van der Waals surface area contributed by atoms with Crippen molar-refractivity contribution in [1.82, 2.24) is 0 Å². The Morgan fingerprint density at radius 3 is 1.65 bits per heavy atom. The van der Waals surface area contributed by atoms with Gasteiger partial charge in [0.05, 0.1) is 78.7 Å². The van der Waals surface area contributed by atoms with E-state index in [0.717, 1.165) is 29.5 Å². The lowest BCUT2D eigenvalue weighted by Gasteiger charge is -2.06. The molecule has 0 saturated carbocycles. The minimum Gasteiger partial charge on any atom is -0.465 e. The number of Topliss-reactive ketones (excluding diaryl/α,β-unsaturated/α-hetero) is 1. The molecule has 37 heavy (non-hydrogen) atoms. The molecule has 0 aliphatic rings. The number of carbonyl (C=O) groups is 2. The molecule has 9 nitrogen and oxygen atoms in total. The van der Waals surface area contributed by atoms with Gasteiger partial charge >= 0.3 is 5.97 Å². The van der Waals surface area contributed by atoms with E-state index in [9.17, 15) is 9.59 Å². The van der Waals surface area contributed by atoms with Crippen LogP contribution in [0.1, 0.15) is 38.8 Å². The van der Waals surface area contributed by atoms with Crippen LogP contribution < -0.4 is 0 Å². The molecule has 0 fully saturated rings. The summed E-state index contributed by atoms with van der Waals surface area (Å²) in [5, 5.41) is 17.0. The molecule has 0 aliphatic heterocycles. The average Bonchev–Trinajstić information content (AvgIpc) is 2.92. The van der Waals surface area contributed by atoms with Gasteiger partial charge in [-0.1, -0.05) is 30.3 Å². The summed E-state index contributed by atoms with van der Waals surface area (Å²) in [5.74, 6) is -0.251. The van der Waals surface area contributed by atoms with Gasteiger partial charge in [0.15, 0.2) is 5.78 Å². The number of ketones is 1. The van der Waals surface area contributed by atoms with Crippen molar-refractivity contribution in [3.05, 3.63) is 70.8 Å². The number of ether oxygens (including phenoxy) is 5. The Kier molecular flexibility index (Phi) is 18.7. The average molecular weight is 521 g/mol. The fourth-order valence-corrected chi connectivity index (χ4v) is 3.02. The van der Waals surface area contributed by atoms with Crippen molar-refractivity contribution < 1.29 is 43.5 Å². The maximum Gasteiger partial charge on any atom is 0.337 e. The maximum atomic E-state index is 11.2. The van der Waals surface area contributed by atoms with Crippen LogP contribution in [-0.4, -0.2) is 95.1 Å². The molecule has 2 rings (SSSR count). The van der Waals surface area contributed by atoms with E-state index in [-0.39, 0.29) is 25.0 Å². The normalized spacial score (nSPS) is 10.5. The third kappa shape index (κ3) is 15.9. The fourth-order valence-electron chi connectivity index (χ4n) is 3.02. The Labute approximate surface area is 219 Å². The fraction of sp³-hybridized carbons (Fsp3) is 0.500. The Morgan fingerprint density at radius 2 is 1.16 bits per heavy atom. The molecule has 0 radical (unpaired) electrons. The summed E-state index contributed by atoms with van der Waals surface area (Å²) in [6, 6.07) is 14.8. The summed E-state index contributed by atoms with van der Waals surface area (Å²) in [6.45, 7) is 5.55. The molecule has 0 unspecified atom stereocenters. The second-order valence-corrected chi connectivity index (χ2v) is 7.84. The van der Waals surface area contributed by atoms with E-state index in [0.29, 0.717) is 58.4 Å². The highest BCUT2D eigenvalue weighted by Gasteiger charge is 2.04. The first kappa shape index (κ1) is 32.4. The van der Waals surface area contributed by atoms with Crippen LogP contribution in [0.15, 0.2) is 48.5 Å². The summed E-state index contributed by atoms with van der Waals surface area (Å²) in [4.78, 5) is 22.4. The van der Waals surface area contributed by atoms with E-state index in [1.165, 1.54) is 7.11 Å².